The van der Waals surface area contributed by atoms with Gasteiger partial charge in [-0.3, -0.25) is 4.79 Å². The lowest BCUT2D eigenvalue weighted by molar-refractivity contribution is 0.0976. The third kappa shape index (κ3) is 4.32. The van der Waals surface area contributed by atoms with E-state index in [1.807, 2.05) is 78.9 Å². The molecule has 1 unspecified atom stereocenters. The summed E-state index contributed by atoms with van der Waals surface area (Å²) in [7, 11) is 0. The average Bonchev–Trinajstić information content (AvgIpc) is 2.75. The number of rotatable bonds is 6. The van der Waals surface area contributed by atoms with Crippen LogP contribution in [-0.2, 0) is 0 Å². The number of nitrogens with one attached hydrogen (secondary N) is 1. The maximum atomic E-state index is 13.1. The van der Waals surface area contributed by atoms with Crippen LogP contribution in [0, 0.1) is 0 Å². The van der Waals surface area contributed by atoms with E-state index in [-0.39, 0.29) is 11.8 Å². The maximum Gasteiger partial charge on any atom is 0.165 e. The van der Waals surface area contributed by atoms with E-state index >= 15 is 0 Å². The van der Waals surface area contributed by atoms with Gasteiger partial charge in [0.25, 0.3) is 0 Å². The summed E-state index contributed by atoms with van der Waals surface area (Å²) in [5.41, 5.74) is 2.83. The van der Waals surface area contributed by atoms with Gasteiger partial charge in [0.15, 0.2) is 5.78 Å². The molecule has 138 valence electrons. The summed E-state index contributed by atoms with van der Waals surface area (Å²) in [6, 6.07) is 32.1. The van der Waals surface area contributed by atoms with Crippen LogP contribution in [0.5, 0.6) is 0 Å². The molecule has 0 aromatic heterocycles. The Morgan fingerprint density at radius 3 is 2.21 bits per heavy atom. The molecule has 0 fully saturated rings. The van der Waals surface area contributed by atoms with E-state index in [9.17, 15) is 4.79 Å². The van der Waals surface area contributed by atoms with Crippen LogP contribution in [0.3, 0.4) is 0 Å². The largest absolute Gasteiger partial charge is 0.378 e. The van der Waals surface area contributed by atoms with Crippen LogP contribution in [0.15, 0.2) is 102 Å². The summed E-state index contributed by atoms with van der Waals surface area (Å²) in [5, 5.41) is 5.75. The molecule has 4 aromatic rings. The lowest BCUT2D eigenvalue weighted by Crippen LogP contribution is -2.15. The smallest absolute Gasteiger partial charge is 0.165 e. The van der Waals surface area contributed by atoms with Crippen LogP contribution >= 0.6 is 15.9 Å². The van der Waals surface area contributed by atoms with Gasteiger partial charge in [0.05, 0.1) is 6.04 Å². The molecule has 0 aliphatic heterocycles. The number of carbonyl (C=O) groups excluding carboxylic acids is 1. The van der Waals surface area contributed by atoms with Crippen LogP contribution in [0.2, 0.25) is 0 Å². The molecule has 0 amide bonds. The molecule has 2 nitrogen and oxygen atoms in total. The van der Waals surface area contributed by atoms with Crippen molar-refractivity contribution in [3.8, 4) is 0 Å². The highest BCUT2D eigenvalue weighted by molar-refractivity contribution is 9.10. The van der Waals surface area contributed by atoms with E-state index in [1.54, 1.807) is 0 Å². The highest BCUT2D eigenvalue weighted by Crippen LogP contribution is 2.26. The SMILES string of the molecule is O=C(CC(Nc1ccc(Br)cc1)c1ccccc1)c1ccc2ccccc2c1. The van der Waals surface area contributed by atoms with Gasteiger partial charge in [0.2, 0.25) is 0 Å². The molecule has 0 saturated heterocycles. The summed E-state index contributed by atoms with van der Waals surface area (Å²) in [6.45, 7) is 0. The molecule has 4 aromatic carbocycles. The Morgan fingerprint density at radius 1 is 0.786 bits per heavy atom. The Bertz CT molecular complexity index is 1090. The van der Waals surface area contributed by atoms with Crippen LogP contribution in [0.1, 0.15) is 28.4 Å². The van der Waals surface area contributed by atoms with Crippen molar-refractivity contribution in [3.63, 3.8) is 0 Å². The Morgan fingerprint density at radius 2 is 1.46 bits per heavy atom. The first kappa shape index (κ1) is 18.5. The molecule has 1 N–H and O–H groups in total. The normalized spacial score (nSPS) is 11.9. The van der Waals surface area contributed by atoms with E-state index in [2.05, 4.69) is 39.4 Å². The number of halogens is 1. The highest BCUT2D eigenvalue weighted by atomic mass is 79.9. The Kier molecular flexibility index (Phi) is 5.54. The Labute approximate surface area is 173 Å². The fourth-order valence-electron chi connectivity index (χ4n) is 3.35. The van der Waals surface area contributed by atoms with Gasteiger partial charge in [0, 0.05) is 22.1 Å². The number of ketones is 1. The average molecular weight is 430 g/mol. The third-order valence-corrected chi connectivity index (χ3v) is 5.38. The van der Waals surface area contributed by atoms with Gasteiger partial charge < -0.3 is 5.32 Å². The molecule has 4 rings (SSSR count). The molecule has 28 heavy (non-hydrogen) atoms. The second-order valence-corrected chi connectivity index (χ2v) is 7.72. The third-order valence-electron chi connectivity index (χ3n) is 4.85. The molecule has 0 heterocycles. The zero-order chi connectivity index (χ0) is 19.3. The first-order chi connectivity index (χ1) is 13.7. The predicted octanol–water partition coefficient (Wildman–Crippen LogP) is 7.03. The minimum absolute atomic E-state index is 0.0960. The molecule has 1 atom stereocenters. The van der Waals surface area contributed by atoms with Crippen molar-refractivity contribution < 1.29 is 4.79 Å². The van der Waals surface area contributed by atoms with Crippen LogP contribution < -0.4 is 5.32 Å². The highest BCUT2D eigenvalue weighted by Gasteiger charge is 2.17. The van der Waals surface area contributed by atoms with Gasteiger partial charge in [0.1, 0.15) is 0 Å². The quantitative estimate of drug-likeness (QED) is 0.333. The Balaban J connectivity index is 1.60. The minimum Gasteiger partial charge on any atom is -0.378 e. The number of anilines is 1. The maximum absolute atomic E-state index is 13.1. The first-order valence-electron chi connectivity index (χ1n) is 9.28. The zero-order valence-corrected chi connectivity index (χ0v) is 16.9. The fraction of sp³-hybridized carbons (Fsp3) is 0.0800. The second-order valence-electron chi connectivity index (χ2n) is 6.80. The van der Waals surface area contributed by atoms with Crippen molar-refractivity contribution in [1.82, 2.24) is 0 Å². The zero-order valence-electron chi connectivity index (χ0n) is 15.3. The van der Waals surface area contributed by atoms with Crippen LogP contribution in [0.25, 0.3) is 10.8 Å². The molecule has 0 aliphatic rings. The molecule has 0 spiro atoms. The standard InChI is InChI=1S/C25H20BrNO/c26-22-12-14-23(15-13-22)27-24(19-7-2-1-3-8-19)17-25(28)21-11-10-18-6-4-5-9-20(18)16-21/h1-16,24,27H,17H2. The van der Waals surface area contributed by atoms with Gasteiger partial charge in [-0.05, 0) is 46.7 Å². The summed E-state index contributed by atoms with van der Waals surface area (Å²) in [4.78, 5) is 13.1. The Hall–Kier alpha value is -2.91. The van der Waals surface area contributed by atoms with Crippen molar-refractivity contribution in [2.24, 2.45) is 0 Å². The lowest BCUT2D eigenvalue weighted by atomic mass is 9.96. The molecular formula is C25H20BrNO. The van der Waals surface area contributed by atoms with Gasteiger partial charge in [-0.15, -0.1) is 0 Å². The number of hydrogen-bond acceptors (Lipinski definition) is 2. The van der Waals surface area contributed by atoms with Crippen LogP contribution in [-0.4, -0.2) is 5.78 Å². The molecule has 0 saturated carbocycles. The van der Waals surface area contributed by atoms with Crippen molar-refractivity contribution in [2.45, 2.75) is 12.5 Å². The fourth-order valence-corrected chi connectivity index (χ4v) is 3.62. The number of carbonyl (C=O) groups is 1. The van der Waals surface area contributed by atoms with E-state index < -0.39 is 0 Å². The topological polar surface area (TPSA) is 29.1 Å². The number of hydrogen-bond donors (Lipinski definition) is 1. The second kappa shape index (κ2) is 8.41. The monoisotopic (exact) mass is 429 g/mol. The van der Waals surface area contributed by atoms with E-state index in [0.717, 1.165) is 32.1 Å². The lowest BCUT2D eigenvalue weighted by Gasteiger charge is -2.20. The first-order valence-corrected chi connectivity index (χ1v) is 10.1. The van der Waals surface area contributed by atoms with Crippen molar-refractivity contribution in [3.05, 3.63) is 113 Å². The predicted molar refractivity (Wildman–Crippen MR) is 120 cm³/mol. The van der Waals surface area contributed by atoms with Gasteiger partial charge in [-0.25, -0.2) is 0 Å². The van der Waals surface area contributed by atoms with Crippen LogP contribution in [0.4, 0.5) is 5.69 Å². The van der Waals surface area contributed by atoms with Crippen molar-refractivity contribution in [2.75, 3.05) is 5.32 Å². The summed E-state index contributed by atoms with van der Waals surface area (Å²) >= 11 is 3.47. The summed E-state index contributed by atoms with van der Waals surface area (Å²) in [6.07, 6.45) is 0.387. The van der Waals surface area contributed by atoms with E-state index in [0.29, 0.717) is 6.42 Å². The molecule has 3 heteroatoms. The molecule has 0 radical (unpaired) electrons. The van der Waals surface area contributed by atoms with Gasteiger partial charge >= 0.3 is 0 Å². The minimum atomic E-state index is -0.0960. The summed E-state index contributed by atoms with van der Waals surface area (Å²) < 4.78 is 1.03. The number of fused-ring (bicyclic) bond motifs is 1. The summed E-state index contributed by atoms with van der Waals surface area (Å²) in [5.74, 6) is 0.129. The molecular weight excluding hydrogens is 410 g/mol. The van der Waals surface area contributed by atoms with Gasteiger partial charge in [-0.1, -0.05) is 82.7 Å². The number of Topliss-reactive ketones (excluding diaryl/α,β-unsaturated/α-hetero) is 1. The molecule has 0 bridgehead atoms. The van der Waals surface area contributed by atoms with Crippen molar-refractivity contribution in [1.29, 1.82) is 0 Å². The molecule has 0 aliphatic carbocycles. The van der Waals surface area contributed by atoms with E-state index in [1.165, 1.54) is 0 Å². The number of benzene rings is 4. The van der Waals surface area contributed by atoms with Gasteiger partial charge in [-0.2, -0.15) is 0 Å². The van der Waals surface area contributed by atoms with E-state index in [4.69, 9.17) is 0 Å². The van der Waals surface area contributed by atoms with Crippen molar-refractivity contribution >= 4 is 38.2 Å².